The number of esters is 1. The van der Waals surface area contributed by atoms with Gasteiger partial charge in [0, 0.05) is 4.91 Å². The average Bonchev–Trinajstić information content (AvgIpc) is 2.27. The van der Waals surface area contributed by atoms with Gasteiger partial charge in [-0.3, -0.25) is 4.79 Å². The molecule has 1 aromatic carbocycles. The molecule has 6 nitrogen and oxygen atoms in total. The van der Waals surface area contributed by atoms with E-state index in [9.17, 15) is 9.59 Å². The van der Waals surface area contributed by atoms with Gasteiger partial charge < -0.3 is 4.74 Å². The Hall–Kier alpha value is -2.33. The molecule has 0 fully saturated rings. The molecule has 0 spiro atoms. The summed E-state index contributed by atoms with van der Waals surface area (Å²) >= 11 is 0. The molecule has 0 heterocycles. The summed E-state index contributed by atoms with van der Waals surface area (Å²) in [5, 5.41) is 3.35. The standard InChI is InChI=1S/C10H9N3O3/c1-7(14)6-16-10(15)8-4-2-3-5-9(8)12-13-11/h2-5H,6H2,1H3. The molecule has 1 rings (SSSR count). The van der Waals surface area contributed by atoms with Crippen LogP contribution >= 0.6 is 0 Å². The van der Waals surface area contributed by atoms with Gasteiger partial charge in [-0.1, -0.05) is 23.3 Å². The lowest BCUT2D eigenvalue weighted by molar-refractivity contribution is -0.120. The largest absolute Gasteiger partial charge is 0.454 e. The predicted molar refractivity (Wildman–Crippen MR) is 56.2 cm³/mol. The Labute approximate surface area is 91.5 Å². The van der Waals surface area contributed by atoms with Gasteiger partial charge in [0.1, 0.15) is 6.61 Å². The van der Waals surface area contributed by atoms with Gasteiger partial charge in [0.25, 0.3) is 0 Å². The zero-order chi connectivity index (χ0) is 12.0. The SMILES string of the molecule is CC(=O)COC(=O)c1ccccc1N=[N+]=[N-]. The maximum absolute atomic E-state index is 11.5. The minimum Gasteiger partial charge on any atom is -0.454 e. The molecule has 0 aromatic heterocycles. The smallest absolute Gasteiger partial charge is 0.339 e. The monoisotopic (exact) mass is 219 g/mol. The lowest BCUT2D eigenvalue weighted by atomic mass is 10.2. The predicted octanol–water partition coefficient (Wildman–Crippen LogP) is 2.37. The first-order valence-corrected chi connectivity index (χ1v) is 4.46. The third-order valence-corrected chi connectivity index (χ3v) is 1.68. The topological polar surface area (TPSA) is 92.1 Å². The van der Waals surface area contributed by atoms with Gasteiger partial charge in [0.15, 0.2) is 5.78 Å². The summed E-state index contributed by atoms with van der Waals surface area (Å²) in [4.78, 5) is 24.7. The fourth-order valence-electron chi connectivity index (χ4n) is 1.03. The van der Waals surface area contributed by atoms with Crippen molar-refractivity contribution in [3.63, 3.8) is 0 Å². The summed E-state index contributed by atoms with van der Waals surface area (Å²) in [5.41, 5.74) is 8.62. The Bertz CT molecular complexity index is 464. The molecule has 0 unspecified atom stereocenters. The Morgan fingerprint density at radius 2 is 2.12 bits per heavy atom. The van der Waals surface area contributed by atoms with Gasteiger partial charge >= 0.3 is 5.97 Å². The van der Waals surface area contributed by atoms with Gasteiger partial charge in [-0.15, -0.1) is 0 Å². The van der Waals surface area contributed by atoms with E-state index in [1.54, 1.807) is 12.1 Å². The molecule has 0 amide bonds. The van der Waals surface area contributed by atoms with Crippen LogP contribution in [0.25, 0.3) is 10.4 Å². The van der Waals surface area contributed by atoms with Crippen molar-refractivity contribution in [1.29, 1.82) is 0 Å². The Kier molecular flexibility index (Phi) is 4.06. The van der Waals surface area contributed by atoms with Gasteiger partial charge in [-0.05, 0) is 18.5 Å². The van der Waals surface area contributed by atoms with Crippen molar-refractivity contribution in [3.8, 4) is 0 Å². The number of carbonyl (C=O) groups is 2. The van der Waals surface area contributed by atoms with Crippen LogP contribution in [0.2, 0.25) is 0 Å². The lowest BCUT2D eigenvalue weighted by Gasteiger charge is -2.04. The minimum absolute atomic E-state index is 0.140. The molecule has 0 N–H and O–H groups in total. The van der Waals surface area contributed by atoms with Crippen LogP contribution in [0.3, 0.4) is 0 Å². The van der Waals surface area contributed by atoms with Crippen LogP contribution in [0.5, 0.6) is 0 Å². The van der Waals surface area contributed by atoms with Crippen LogP contribution in [0, 0.1) is 0 Å². The maximum Gasteiger partial charge on any atom is 0.339 e. The summed E-state index contributed by atoms with van der Waals surface area (Å²) in [7, 11) is 0. The Balaban J connectivity index is 2.90. The fourth-order valence-corrected chi connectivity index (χ4v) is 1.03. The lowest BCUT2D eigenvalue weighted by Crippen LogP contribution is -2.11. The van der Waals surface area contributed by atoms with Crippen molar-refractivity contribution < 1.29 is 14.3 Å². The van der Waals surface area contributed by atoms with Crippen molar-refractivity contribution in [2.45, 2.75) is 6.92 Å². The quantitative estimate of drug-likeness (QED) is 0.336. The fraction of sp³-hybridized carbons (Fsp3) is 0.200. The molecule has 0 saturated heterocycles. The first kappa shape index (κ1) is 11.7. The zero-order valence-electron chi connectivity index (χ0n) is 8.58. The Morgan fingerprint density at radius 1 is 1.44 bits per heavy atom. The van der Waals surface area contributed by atoms with E-state index >= 15 is 0 Å². The third-order valence-electron chi connectivity index (χ3n) is 1.68. The van der Waals surface area contributed by atoms with Crippen LogP contribution in [-0.4, -0.2) is 18.4 Å². The number of ketones is 1. The van der Waals surface area contributed by atoms with Crippen LogP contribution in [0.4, 0.5) is 5.69 Å². The molecule has 0 aliphatic carbocycles. The van der Waals surface area contributed by atoms with Crippen molar-refractivity contribution in [3.05, 3.63) is 40.3 Å². The van der Waals surface area contributed by atoms with E-state index in [2.05, 4.69) is 10.0 Å². The number of hydrogen-bond donors (Lipinski definition) is 0. The second-order valence-electron chi connectivity index (χ2n) is 2.98. The van der Waals surface area contributed by atoms with Gasteiger partial charge in [-0.25, -0.2) is 4.79 Å². The van der Waals surface area contributed by atoms with E-state index in [0.29, 0.717) is 0 Å². The van der Waals surface area contributed by atoms with Crippen LogP contribution in [-0.2, 0) is 9.53 Å². The molecular formula is C10H9N3O3. The number of Topliss-reactive ketones (excluding diaryl/α,β-unsaturated/α-hetero) is 1. The number of benzene rings is 1. The number of ether oxygens (including phenoxy) is 1. The molecule has 0 aliphatic rings. The van der Waals surface area contributed by atoms with E-state index in [0.717, 1.165) is 0 Å². The Morgan fingerprint density at radius 3 is 2.75 bits per heavy atom. The second kappa shape index (κ2) is 5.53. The highest BCUT2D eigenvalue weighted by Gasteiger charge is 2.11. The normalized spacial score (nSPS) is 9.06. The second-order valence-corrected chi connectivity index (χ2v) is 2.98. The molecule has 6 heteroatoms. The van der Waals surface area contributed by atoms with E-state index in [-0.39, 0.29) is 23.6 Å². The molecule has 0 bridgehead atoms. The first-order valence-electron chi connectivity index (χ1n) is 4.46. The summed E-state index contributed by atoms with van der Waals surface area (Å²) in [6, 6.07) is 6.20. The van der Waals surface area contributed by atoms with Crippen LogP contribution < -0.4 is 0 Å². The summed E-state index contributed by atoms with van der Waals surface area (Å²) in [6.45, 7) is 1.02. The van der Waals surface area contributed by atoms with Gasteiger partial charge in [0.2, 0.25) is 0 Å². The first-order chi connectivity index (χ1) is 7.65. The van der Waals surface area contributed by atoms with Crippen molar-refractivity contribution >= 4 is 17.4 Å². The van der Waals surface area contributed by atoms with Gasteiger partial charge in [0.05, 0.1) is 11.3 Å². The highest BCUT2D eigenvalue weighted by Crippen LogP contribution is 2.19. The van der Waals surface area contributed by atoms with Crippen molar-refractivity contribution in [1.82, 2.24) is 0 Å². The van der Waals surface area contributed by atoms with Crippen molar-refractivity contribution in [2.24, 2.45) is 5.11 Å². The number of carbonyl (C=O) groups excluding carboxylic acids is 2. The number of azide groups is 1. The molecule has 0 atom stereocenters. The number of nitrogens with zero attached hydrogens (tertiary/aromatic N) is 3. The number of rotatable bonds is 4. The van der Waals surface area contributed by atoms with E-state index in [1.807, 2.05) is 0 Å². The van der Waals surface area contributed by atoms with E-state index in [1.165, 1.54) is 19.1 Å². The molecule has 82 valence electrons. The van der Waals surface area contributed by atoms with E-state index < -0.39 is 5.97 Å². The van der Waals surface area contributed by atoms with E-state index in [4.69, 9.17) is 10.3 Å². The summed E-state index contributed by atoms with van der Waals surface area (Å²) in [5.74, 6) is -0.937. The molecular weight excluding hydrogens is 210 g/mol. The van der Waals surface area contributed by atoms with Crippen LogP contribution in [0.15, 0.2) is 29.4 Å². The molecule has 0 saturated carbocycles. The van der Waals surface area contributed by atoms with Crippen LogP contribution in [0.1, 0.15) is 17.3 Å². The zero-order valence-corrected chi connectivity index (χ0v) is 8.58. The minimum atomic E-state index is -0.682. The molecule has 0 radical (unpaired) electrons. The highest BCUT2D eigenvalue weighted by molar-refractivity contribution is 5.95. The number of hydrogen-bond acceptors (Lipinski definition) is 4. The average molecular weight is 219 g/mol. The molecule has 16 heavy (non-hydrogen) atoms. The van der Waals surface area contributed by atoms with Gasteiger partial charge in [-0.2, -0.15) is 0 Å². The maximum atomic E-state index is 11.5. The highest BCUT2D eigenvalue weighted by atomic mass is 16.5. The van der Waals surface area contributed by atoms with Crippen molar-refractivity contribution in [2.75, 3.05) is 6.61 Å². The molecule has 0 aliphatic heterocycles. The summed E-state index contributed by atoms with van der Waals surface area (Å²) in [6.07, 6.45) is 0. The third kappa shape index (κ3) is 3.11. The summed E-state index contributed by atoms with van der Waals surface area (Å²) < 4.78 is 4.70. The molecule has 1 aromatic rings.